The highest BCUT2D eigenvalue weighted by Gasteiger charge is 2.05. The second-order valence-corrected chi connectivity index (χ2v) is 2.19. The van der Waals surface area contributed by atoms with E-state index in [1.807, 2.05) is 0 Å². The molecule has 0 spiro atoms. The number of halogens is 1. The molecule has 0 aliphatic rings. The number of aromatic nitrogens is 2. The third kappa shape index (κ3) is 1.50. The van der Waals surface area contributed by atoms with Gasteiger partial charge in [0.2, 0.25) is 5.88 Å². The standard InChI is InChI=1S/C5H5ClN2O3/c6-3-4(10)7-2(1-9)8-5(3)11/h9H,1H2,(H2,7,8,10,11). The average molecular weight is 177 g/mol. The molecule has 0 saturated carbocycles. The summed E-state index contributed by atoms with van der Waals surface area (Å²) in [5.74, 6) is -0.587. The predicted molar refractivity (Wildman–Crippen MR) is 37.5 cm³/mol. The van der Waals surface area contributed by atoms with Gasteiger partial charge in [0, 0.05) is 0 Å². The lowest BCUT2D eigenvalue weighted by molar-refractivity contribution is 0.268. The van der Waals surface area contributed by atoms with Crippen LogP contribution < -0.4 is 5.56 Å². The van der Waals surface area contributed by atoms with Gasteiger partial charge in [0.25, 0.3) is 5.56 Å². The van der Waals surface area contributed by atoms with Gasteiger partial charge in [-0.15, -0.1) is 0 Å². The number of hydrogen-bond acceptors (Lipinski definition) is 4. The molecule has 0 aromatic carbocycles. The van der Waals surface area contributed by atoms with Crippen molar-refractivity contribution in [3.63, 3.8) is 0 Å². The molecule has 0 fully saturated rings. The molecular formula is C5H5ClN2O3. The van der Waals surface area contributed by atoms with Gasteiger partial charge in [-0.1, -0.05) is 11.6 Å². The van der Waals surface area contributed by atoms with Crippen LogP contribution in [0.25, 0.3) is 0 Å². The minimum Gasteiger partial charge on any atom is -0.492 e. The lowest BCUT2D eigenvalue weighted by Crippen LogP contribution is -2.11. The van der Waals surface area contributed by atoms with Crippen LogP contribution in [0.15, 0.2) is 4.79 Å². The van der Waals surface area contributed by atoms with E-state index < -0.39 is 18.0 Å². The third-order valence-electron chi connectivity index (χ3n) is 1.04. The van der Waals surface area contributed by atoms with E-state index in [1.54, 1.807) is 0 Å². The number of hydrogen-bond donors (Lipinski definition) is 3. The summed E-state index contributed by atoms with van der Waals surface area (Å²) in [6, 6.07) is 0. The molecule has 0 unspecified atom stereocenters. The first-order valence-corrected chi connectivity index (χ1v) is 3.11. The molecule has 1 aromatic rings. The molecule has 0 amide bonds. The Hall–Kier alpha value is -1.07. The Labute approximate surface area is 66.3 Å². The molecule has 60 valence electrons. The quantitative estimate of drug-likeness (QED) is 0.545. The largest absolute Gasteiger partial charge is 0.492 e. The number of aliphatic hydroxyl groups is 1. The zero-order valence-electron chi connectivity index (χ0n) is 5.33. The summed E-state index contributed by atoms with van der Waals surface area (Å²) in [7, 11) is 0. The third-order valence-corrected chi connectivity index (χ3v) is 1.38. The Balaban J connectivity index is 3.32. The number of H-pyrrole nitrogens is 1. The average Bonchev–Trinajstić information content (AvgIpc) is 1.99. The van der Waals surface area contributed by atoms with Crippen molar-refractivity contribution in [3.05, 3.63) is 21.2 Å². The van der Waals surface area contributed by atoms with Crippen LogP contribution in [0.2, 0.25) is 5.02 Å². The van der Waals surface area contributed by atoms with E-state index >= 15 is 0 Å². The first kappa shape index (κ1) is 8.03. The van der Waals surface area contributed by atoms with Crippen LogP contribution in [0.1, 0.15) is 5.82 Å². The molecular weight excluding hydrogens is 172 g/mol. The van der Waals surface area contributed by atoms with E-state index in [1.165, 1.54) is 0 Å². The molecule has 3 N–H and O–H groups in total. The lowest BCUT2D eigenvalue weighted by Gasteiger charge is -1.96. The number of aromatic hydroxyl groups is 1. The zero-order valence-corrected chi connectivity index (χ0v) is 6.09. The van der Waals surface area contributed by atoms with Crippen molar-refractivity contribution in [2.24, 2.45) is 0 Å². The van der Waals surface area contributed by atoms with E-state index in [9.17, 15) is 4.79 Å². The minimum atomic E-state index is -0.664. The SMILES string of the molecule is O=c1[nH]c(CO)nc(O)c1Cl. The molecule has 0 radical (unpaired) electrons. The maximum atomic E-state index is 10.7. The molecule has 1 rings (SSSR count). The Morgan fingerprint density at radius 1 is 1.64 bits per heavy atom. The van der Waals surface area contributed by atoms with Crippen molar-refractivity contribution in [2.75, 3.05) is 0 Å². The zero-order chi connectivity index (χ0) is 8.43. The van der Waals surface area contributed by atoms with Crippen molar-refractivity contribution in [2.45, 2.75) is 6.61 Å². The molecule has 0 atom stereocenters. The Kier molecular flexibility index (Phi) is 2.11. The van der Waals surface area contributed by atoms with E-state index in [4.69, 9.17) is 21.8 Å². The van der Waals surface area contributed by atoms with Gasteiger partial charge in [-0.3, -0.25) is 4.79 Å². The number of aromatic amines is 1. The second-order valence-electron chi connectivity index (χ2n) is 1.81. The Bertz CT molecular complexity index is 322. The number of rotatable bonds is 1. The molecule has 0 bridgehead atoms. The maximum absolute atomic E-state index is 10.7. The van der Waals surface area contributed by atoms with Gasteiger partial charge < -0.3 is 15.2 Å². The number of nitrogens with one attached hydrogen (secondary N) is 1. The highest BCUT2D eigenvalue weighted by atomic mass is 35.5. The summed E-state index contributed by atoms with van der Waals surface area (Å²) in [5.41, 5.74) is -0.664. The molecule has 0 aliphatic carbocycles. The molecule has 11 heavy (non-hydrogen) atoms. The first-order valence-electron chi connectivity index (χ1n) is 2.73. The van der Waals surface area contributed by atoms with Crippen LogP contribution in [0.3, 0.4) is 0 Å². The highest BCUT2D eigenvalue weighted by Crippen LogP contribution is 2.13. The lowest BCUT2D eigenvalue weighted by atomic mass is 10.5. The van der Waals surface area contributed by atoms with Crippen LogP contribution in [0, 0.1) is 0 Å². The van der Waals surface area contributed by atoms with Gasteiger partial charge in [0.15, 0.2) is 5.02 Å². The van der Waals surface area contributed by atoms with Gasteiger partial charge in [-0.05, 0) is 0 Å². The molecule has 1 aromatic heterocycles. The van der Waals surface area contributed by atoms with Crippen molar-refractivity contribution in [3.8, 4) is 5.88 Å². The van der Waals surface area contributed by atoms with Crippen molar-refractivity contribution >= 4 is 11.6 Å². The van der Waals surface area contributed by atoms with Crippen molar-refractivity contribution < 1.29 is 10.2 Å². The van der Waals surface area contributed by atoms with Crippen LogP contribution >= 0.6 is 11.6 Å². The minimum absolute atomic E-state index is 0.0168. The number of nitrogens with zero attached hydrogens (tertiary/aromatic N) is 1. The maximum Gasteiger partial charge on any atom is 0.273 e. The summed E-state index contributed by atoms with van der Waals surface area (Å²) in [6.07, 6.45) is 0. The second kappa shape index (κ2) is 2.89. The molecule has 0 aliphatic heterocycles. The molecule has 6 heteroatoms. The van der Waals surface area contributed by atoms with E-state index in [2.05, 4.69) is 9.97 Å². The molecule has 0 saturated heterocycles. The number of aliphatic hydroxyl groups excluding tert-OH is 1. The molecule has 1 heterocycles. The smallest absolute Gasteiger partial charge is 0.273 e. The van der Waals surface area contributed by atoms with Crippen LogP contribution in [-0.4, -0.2) is 20.2 Å². The van der Waals surface area contributed by atoms with E-state index in [-0.39, 0.29) is 10.8 Å². The van der Waals surface area contributed by atoms with Crippen molar-refractivity contribution in [1.29, 1.82) is 0 Å². The van der Waals surface area contributed by atoms with Gasteiger partial charge in [-0.2, -0.15) is 4.98 Å². The van der Waals surface area contributed by atoms with Gasteiger partial charge in [-0.25, -0.2) is 0 Å². The summed E-state index contributed by atoms with van der Waals surface area (Å²) < 4.78 is 0. The fourth-order valence-electron chi connectivity index (χ4n) is 0.567. The van der Waals surface area contributed by atoms with Crippen LogP contribution in [0.5, 0.6) is 5.88 Å². The van der Waals surface area contributed by atoms with E-state index in [0.29, 0.717) is 0 Å². The molecule has 5 nitrogen and oxygen atoms in total. The van der Waals surface area contributed by atoms with Gasteiger partial charge in [0.05, 0.1) is 0 Å². The first-order chi connectivity index (χ1) is 5.15. The summed E-state index contributed by atoms with van der Waals surface area (Å²) in [6.45, 7) is -0.444. The fourth-order valence-corrected chi connectivity index (χ4v) is 0.657. The van der Waals surface area contributed by atoms with Gasteiger partial charge in [0.1, 0.15) is 12.4 Å². The topological polar surface area (TPSA) is 86.2 Å². The summed E-state index contributed by atoms with van der Waals surface area (Å²) in [5, 5.41) is 17.0. The summed E-state index contributed by atoms with van der Waals surface area (Å²) in [4.78, 5) is 16.2. The van der Waals surface area contributed by atoms with Crippen molar-refractivity contribution in [1.82, 2.24) is 9.97 Å². The summed E-state index contributed by atoms with van der Waals surface area (Å²) >= 11 is 5.27. The van der Waals surface area contributed by atoms with Crippen LogP contribution in [-0.2, 0) is 6.61 Å². The normalized spacial score (nSPS) is 10.0. The Morgan fingerprint density at radius 3 is 2.73 bits per heavy atom. The fraction of sp³-hybridized carbons (Fsp3) is 0.200. The van der Waals surface area contributed by atoms with Gasteiger partial charge >= 0.3 is 0 Å². The predicted octanol–water partition coefficient (Wildman–Crippen LogP) is -0.379. The highest BCUT2D eigenvalue weighted by molar-refractivity contribution is 6.31. The monoisotopic (exact) mass is 176 g/mol. The van der Waals surface area contributed by atoms with E-state index in [0.717, 1.165) is 0 Å². The Morgan fingerprint density at radius 2 is 2.27 bits per heavy atom. The van der Waals surface area contributed by atoms with Crippen LogP contribution in [0.4, 0.5) is 0 Å².